The average Bonchev–Trinajstić information content (AvgIpc) is 2.41. The molecule has 0 aliphatic carbocycles. The first-order chi connectivity index (χ1) is 8.61. The van der Waals surface area contributed by atoms with E-state index in [1.165, 1.54) is 0 Å². The summed E-state index contributed by atoms with van der Waals surface area (Å²) in [5.41, 5.74) is 1.44. The molecule has 0 bridgehead atoms. The Morgan fingerprint density at radius 2 is 0.857 bits per heavy atom. The quantitative estimate of drug-likeness (QED) is 0.573. The van der Waals surface area contributed by atoms with E-state index in [2.05, 4.69) is 32.0 Å². The zero-order valence-corrected chi connectivity index (χ0v) is 16.2. The summed E-state index contributed by atoms with van der Waals surface area (Å²) in [4.78, 5) is 21.2. The van der Waals surface area contributed by atoms with E-state index < -0.39 is 0 Å². The maximum absolute atomic E-state index is 10.6. The van der Waals surface area contributed by atoms with E-state index in [4.69, 9.17) is 0 Å². The monoisotopic (exact) mass is 522 g/mol. The number of benzene rings is 2. The molecule has 110 valence electrons. The fraction of sp³-hybridized carbons (Fsp3) is 0.125. The van der Waals surface area contributed by atoms with Gasteiger partial charge in [-0.05, 0) is 0 Å². The summed E-state index contributed by atoms with van der Waals surface area (Å²) in [5.74, 6) is 0. The van der Waals surface area contributed by atoms with Gasteiger partial charge in [0.2, 0.25) is 0 Å². The van der Waals surface area contributed by atoms with E-state index in [-0.39, 0.29) is 48.1 Å². The van der Waals surface area contributed by atoms with Gasteiger partial charge in [-0.2, -0.15) is 0 Å². The van der Waals surface area contributed by atoms with Gasteiger partial charge in [0.05, 0.1) is 0 Å². The van der Waals surface area contributed by atoms with Crippen LogP contribution in [0.3, 0.4) is 0 Å². The maximum atomic E-state index is 10.6. The predicted octanol–water partition coefficient (Wildman–Crippen LogP) is 2.88. The SMILES string of the molecule is C.C.O=C([Se-])c1ccccc1.O=C([Se-])c1ccccc1.[Sn+2]. The maximum Gasteiger partial charge on any atom is 2.00 e. The molecule has 0 atom stereocenters. The van der Waals surface area contributed by atoms with E-state index >= 15 is 0 Å². The summed E-state index contributed by atoms with van der Waals surface area (Å²) in [6, 6.07) is 18.2. The first-order valence-electron chi connectivity index (χ1n) is 5.14. The van der Waals surface area contributed by atoms with Crippen LogP contribution in [0.15, 0.2) is 60.7 Å². The topological polar surface area (TPSA) is 34.1 Å². The third kappa shape index (κ3) is 10.9. The van der Waals surface area contributed by atoms with Gasteiger partial charge < -0.3 is 0 Å². The molecule has 0 saturated heterocycles. The van der Waals surface area contributed by atoms with Gasteiger partial charge in [-0.3, -0.25) is 0 Å². The number of hydrogen-bond donors (Lipinski definition) is 0. The summed E-state index contributed by atoms with van der Waals surface area (Å²) in [7, 11) is 0. The molecule has 0 aromatic heterocycles. The van der Waals surface area contributed by atoms with Crippen molar-refractivity contribution in [3.63, 3.8) is 0 Å². The molecule has 0 spiro atoms. The average molecular weight is 519 g/mol. The zero-order chi connectivity index (χ0) is 13.4. The van der Waals surface area contributed by atoms with Crippen LogP contribution >= 0.6 is 0 Å². The molecule has 2 aromatic carbocycles. The first kappa shape index (κ1) is 25.6. The molecular weight excluding hydrogens is 501 g/mol. The van der Waals surface area contributed by atoms with Gasteiger partial charge in [-0.25, -0.2) is 0 Å². The Hall–Kier alpha value is -0.382. The number of rotatable bonds is 2. The molecule has 2 nitrogen and oxygen atoms in total. The molecule has 2 rings (SSSR count). The summed E-state index contributed by atoms with van der Waals surface area (Å²) in [6.45, 7) is 0. The van der Waals surface area contributed by atoms with Gasteiger partial charge in [0, 0.05) is 0 Å². The Morgan fingerprint density at radius 1 is 0.619 bits per heavy atom. The summed E-state index contributed by atoms with van der Waals surface area (Å²) < 4.78 is -0.00815. The molecule has 5 heteroatoms. The van der Waals surface area contributed by atoms with E-state index in [0.29, 0.717) is 0 Å². The minimum atomic E-state index is -0.00407. The molecule has 0 aliphatic heterocycles. The van der Waals surface area contributed by atoms with Crippen LogP contribution < -0.4 is 0 Å². The van der Waals surface area contributed by atoms with Crippen LogP contribution in [-0.2, 0) is 0 Å². The van der Waals surface area contributed by atoms with Crippen LogP contribution in [0, 0.1) is 0 Å². The van der Waals surface area contributed by atoms with Gasteiger partial charge in [-0.15, -0.1) is 0 Å². The molecule has 0 amide bonds. The van der Waals surface area contributed by atoms with Crippen molar-refractivity contribution in [2.45, 2.75) is 14.9 Å². The van der Waals surface area contributed by atoms with Gasteiger partial charge >= 0.3 is 147 Å². The van der Waals surface area contributed by atoms with Gasteiger partial charge in [0.1, 0.15) is 0 Å². The van der Waals surface area contributed by atoms with Crippen molar-refractivity contribution in [1.82, 2.24) is 0 Å². The predicted molar refractivity (Wildman–Crippen MR) is 92.3 cm³/mol. The van der Waals surface area contributed by atoms with Crippen LogP contribution in [0.2, 0.25) is 0 Å². The fourth-order valence-electron chi connectivity index (χ4n) is 1.15. The second kappa shape index (κ2) is 14.6. The van der Waals surface area contributed by atoms with Crippen molar-refractivity contribution >= 4 is 65.3 Å². The smallest absolute Gasteiger partial charge is 2.00 e. The molecule has 0 N–H and O–H groups in total. The van der Waals surface area contributed by atoms with Gasteiger partial charge in [0.25, 0.3) is 0 Å². The normalized spacial score (nSPS) is 7.62. The molecule has 0 unspecified atom stereocenters. The Kier molecular flexibility index (Phi) is 17.7. The van der Waals surface area contributed by atoms with E-state index in [1.807, 2.05) is 36.4 Å². The molecule has 0 aliphatic rings. The van der Waals surface area contributed by atoms with Gasteiger partial charge in [0.15, 0.2) is 0 Å². The van der Waals surface area contributed by atoms with Crippen molar-refractivity contribution in [2.75, 3.05) is 0 Å². The van der Waals surface area contributed by atoms with Crippen LogP contribution in [0.5, 0.6) is 0 Å². The first-order valence-corrected chi connectivity index (χ1v) is 6.85. The van der Waals surface area contributed by atoms with Crippen molar-refractivity contribution in [1.29, 1.82) is 0 Å². The van der Waals surface area contributed by atoms with E-state index in [0.717, 1.165) is 11.1 Å². The Morgan fingerprint density at radius 3 is 1.00 bits per heavy atom. The van der Waals surface area contributed by atoms with Crippen LogP contribution in [-0.4, -0.2) is 65.3 Å². The zero-order valence-electron chi connectivity index (χ0n) is 9.91. The van der Waals surface area contributed by atoms with Crippen LogP contribution in [0.1, 0.15) is 35.6 Å². The second-order valence-corrected chi connectivity index (χ2v) is 4.86. The standard InChI is InChI=1S/2C7H6OSe.2CH4.Sn/c2*8-7(9)6-4-2-1-3-5-6;;;/h2*1-5H,(H,8,9);2*1H4;/q;;;;+2/p-2. The molecule has 0 saturated carbocycles. The Labute approximate surface area is 160 Å². The van der Waals surface area contributed by atoms with E-state index in [1.54, 1.807) is 24.3 Å². The molecule has 0 fully saturated rings. The Bertz CT molecular complexity index is 467. The largest absolute Gasteiger partial charge is 2.00 e. The molecule has 21 heavy (non-hydrogen) atoms. The summed E-state index contributed by atoms with van der Waals surface area (Å²) in [5, 5.41) is 0. The number of carbonyl (C=O) groups is 2. The minimum Gasteiger partial charge on any atom is 2.00 e. The summed E-state index contributed by atoms with van der Waals surface area (Å²) in [6.07, 6.45) is 0. The molecular formula is C16H18O2Se2Sn. The van der Waals surface area contributed by atoms with Gasteiger partial charge in [-0.1, -0.05) is 14.9 Å². The Balaban J connectivity index is -0.000000270. The third-order valence-corrected chi connectivity index (χ3v) is 3.01. The fourth-order valence-corrected chi connectivity index (χ4v) is 1.72. The van der Waals surface area contributed by atoms with Crippen molar-refractivity contribution in [3.05, 3.63) is 71.8 Å². The van der Waals surface area contributed by atoms with Crippen molar-refractivity contribution in [3.8, 4) is 0 Å². The second-order valence-electron chi connectivity index (χ2n) is 3.31. The minimum absolute atomic E-state index is 0. The number of carbonyl (C=O) groups excluding carboxylic acids is 2. The van der Waals surface area contributed by atoms with Crippen molar-refractivity contribution < 1.29 is 9.59 Å². The van der Waals surface area contributed by atoms with Crippen LogP contribution in [0.4, 0.5) is 0 Å². The van der Waals surface area contributed by atoms with Crippen molar-refractivity contribution in [2.24, 2.45) is 0 Å². The number of hydrogen-bond acceptors (Lipinski definition) is 2. The third-order valence-electron chi connectivity index (χ3n) is 2.02. The molecule has 0 heterocycles. The summed E-state index contributed by atoms with van der Waals surface area (Å²) >= 11 is 4.83. The van der Waals surface area contributed by atoms with E-state index in [9.17, 15) is 9.59 Å². The molecule has 2 aromatic rings. The molecule has 2 radical (unpaired) electrons. The van der Waals surface area contributed by atoms with Crippen LogP contribution in [0.25, 0.3) is 0 Å².